The van der Waals surface area contributed by atoms with Crippen molar-refractivity contribution in [2.45, 2.75) is 66.7 Å². The quantitative estimate of drug-likeness (QED) is 0.582. The van der Waals surface area contributed by atoms with Crippen LogP contribution in [0.2, 0.25) is 0 Å². The summed E-state index contributed by atoms with van der Waals surface area (Å²) in [7, 11) is 0. The van der Waals surface area contributed by atoms with E-state index in [9.17, 15) is 0 Å². The van der Waals surface area contributed by atoms with Crippen LogP contribution < -0.4 is 10.1 Å². The first-order valence-electron chi connectivity index (χ1n) is 9.85. The molecule has 4 heteroatoms. The van der Waals surface area contributed by atoms with Gasteiger partial charge in [0.1, 0.15) is 17.9 Å². The van der Waals surface area contributed by atoms with Gasteiger partial charge in [-0.2, -0.15) is 0 Å². The lowest BCUT2D eigenvalue weighted by atomic mass is 10.1. The number of nitrogens with zero attached hydrogens (tertiary/aromatic N) is 2. The zero-order valence-electron chi connectivity index (χ0n) is 17.1. The first kappa shape index (κ1) is 21.9. The normalized spacial score (nSPS) is 10.0. The molecule has 0 aliphatic carbocycles. The molecule has 0 saturated heterocycles. The number of hydrogen-bond acceptors (Lipinski definition) is 4. The van der Waals surface area contributed by atoms with Crippen molar-refractivity contribution in [1.82, 2.24) is 9.97 Å². The molecule has 144 valence electrons. The van der Waals surface area contributed by atoms with E-state index in [0.29, 0.717) is 0 Å². The zero-order valence-corrected chi connectivity index (χ0v) is 17.1. The monoisotopic (exact) mass is 357 g/mol. The van der Waals surface area contributed by atoms with E-state index in [2.05, 4.69) is 54.3 Å². The minimum Gasteiger partial charge on any atom is -0.494 e. The van der Waals surface area contributed by atoms with Crippen LogP contribution in [0.15, 0.2) is 30.7 Å². The molecule has 0 spiro atoms. The largest absolute Gasteiger partial charge is 0.494 e. The van der Waals surface area contributed by atoms with Crippen molar-refractivity contribution >= 4 is 5.82 Å². The Bertz CT molecular complexity index is 629. The number of nitrogens with one attached hydrogen (secondary N) is 1. The van der Waals surface area contributed by atoms with E-state index in [4.69, 9.17) is 4.74 Å². The molecule has 0 amide bonds. The highest BCUT2D eigenvalue weighted by molar-refractivity contribution is 5.40. The number of hydrogen-bond donors (Lipinski definition) is 1. The average Bonchev–Trinajstić information content (AvgIpc) is 2.65. The fourth-order valence-electron chi connectivity index (χ4n) is 2.46. The molecule has 0 bridgehead atoms. The summed E-state index contributed by atoms with van der Waals surface area (Å²) in [6.07, 6.45) is 9.45. The van der Waals surface area contributed by atoms with Crippen LogP contribution in [0.1, 0.15) is 63.1 Å². The van der Waals surface area contributed by atoms with E-state index in [0.717, 1.165) is 36.7 Å². The number of unbranched alkanes of at least 4 members (excludes halogenated alkanes) is 2. The summed E-state index contributed by atoms with van der Waals surface area (Å²) in [6, 6.07) is 6.53. The first-order valence-corrected chi connectivity index (χ1v) is 9.85. The molecule has 2 rings (SSSR count). The maximum atomic E-state index is 5.56. The van der Waals surface area contributed by atoms with E-state index >= 15 is 0 Å². The van der Waals surface area contributed by atoms with E-state index in [-0.39, 0.29) is 0 Å². The van der Waals surface area contributed by atoms with E-state index in [1.807, 2.05) is 20.0 Å². The molecule has 2 aromatic rings. The Balaban J connectivity index is 0.000000263. The van der Waals surface area contributed by atoms with E-state index < -0.39 is 0 Å². The smallest absolute Gasteiger partial charge is 0.132 e. The van der Waals surface area contributed by atoms with Gasteiger partial charge in [0.2, 0.25) is 0 Å². The highest BCUT2D eigenvalue weighted by Crippen LogP contribution is 2.20. The molecule has 0 atom stereocenters. The van der Waals surface area contributed by atoms with Crippen LogP contribution in [0.5, 0.6) is 5.75 Å². The predicted octanol–water partition coefficient (Wildman–Crippen LogP) is 5.73. The highest BCUT2D eigenvalue weighted by Gasteiger charge is 2.00. The Morgan fingerprint density at radius 3 is 2.42 bits per heavy atom. The average molecular weight is 358 g/mol. The topological polar surface area (TPSA) is 47.0 Å². The Morgan fingerprint density at radius 2 is 1.77 bits per heavy atom. The van der Waals surface area contributed by atoms with Gasteiger partial charge < -0.3 is 10.1 Å². The highest BCUT2D eigenvalue weighted by atomic mass is 16.5. The maximum Gasteiger partial charge on any atom is 0.132 e. The predicted molar refractivity (Wildman–Crippen MR) is 111 cm³/mol. The number of ether oxygens (including phenoxy) is 1. The molecule has 1 aromatic carbocycles. The lowest BCUT2D eigenvalue weighted by Crippen LogP contribution is -2.04. The number of aryl methyl sites for hydroxylation is 3. The standard InChI is InChI=1S/C13H20O.C9H15N3/c1-4-6-7-12-9-8-11(3)13(10-12)14-5-2;1-3-4-5-11-9-8(2)6-10-7-12-9/h8-10H,4-7H2,1-3H3;6-7H,3-5H2,1-2H3,(H,10,11,12). The first-order chi connectivity index (χ1) is 12.6. The minimum absolute atomic E-state index is 0.748. The number of benzene rings is 1. The Hall–Kier alpha value is -2.10. The van der Waals surface area contributed by atoms with Crippen LogP contribution in [0.4, 0.5) is 5.82 Å². The lowest BCUT2D eigenvalue weighted by molar-refractivity contribution is 0.337. The third-order valence-electron chi connectivity index (χ3n) is 4.09. The van der Waals surface area contributed by atoms with Crippen LogP contribution >= 0.6 is 0 Å². The lowest BCUT2D eigenvalue weighted by Gasteiger charge is -2.09. The molecule has 4 nitrogen and oxygen atoms in total. The Kier molecular flexibility index (Phi) is 11.1. The molecule has 0 fully saturated rings. The molecule has 0 unspecified atom stereocenters. The molecule has 1 aromatic heterocycles. The number of anilines is 1. The molecule has 1 heterocycles. The molecule has 0 aliphatic rings. The van der Waals surface area contributed by atoms with Gasteiger partial charge in [0.15, 0.2) is 0 Å². The summed E-state index contributed by atoms with van der Waals surface area (Å²) in [5.74, 6) is 2.00. The van der Waals surface area contributed by atoms with Gasteiger partial charge in [-0.3, -0.25) is 0 Å². The van der Waals surface area contributed by atoms with Crippen molar-refractivity contribution in [3.05, 3.63) is 47.4 Å². The third kappa shape index (κ3) is 8.32. The second-order valence-electron chi connectivity index (χ2n) is 6.47. The van der Waals surface area contributed by atoms with Gasteiger partial charge in [-0.1, -0.05) is 38.8 Å². The van der Waals surface area contributed by atoms with Gasteiger partial charge in [-0.25, -0.2) is 9.97 Å². The SMILES string of the molecule is CCCCNc1ncncc1C.CCCCc1ccc(C)c(OCC)c1. The zero-order chi connectivity index (χ0) is 19.2. The third-order valence-corrected chi connectivity index (χ3v) is 4.09. The van der Waals surface area contributed by atoms with Crippen LogP contribution in [0, 0.1) is 13.8 Å². The van der Waals surface area contributed by atoms with Gasteiger partial charge in [-0.05, 0) is 57.2 Å². The molecule has 26 heavy (non-hydrogen) atoms. The van der Waals surface area contributed by atoms with E-state index in [1.54, 1.807) is 6.33 Å². The maximum absolute atomic E-state index is 5.56. The van der Waals surface area contributed by atoms with Crippen LogP contribution in [0.3, 0.4) is 0 Å². The fourth-order valence-corrected chi connectivity index (χ4v) is 2.46. The number of rotatable bonds is 9. The summed E-state index contributed by atoms with van der Waals surface area (Å²) in [4.78, 5) is 8.05. The fraction of sp³-hybridized carbons (Fsp3) is 0.545. The van der Waals surface area contributed by atoms with Gasteiger partial charge in [0.25, 0.3) is 0 Å². The van der Waals surface area contributed by atoms with Crippen molar-refractivity contribution in [1.29, 1.82) is 0 Å². The van der Waals surface area contributed by atoms with E-state index in [1.165, 1.54) is 36.8 Å². The van der Waals surface area contributed by atoms with Crippen LogP contribution in [-0.4, -0.2) is 23.1 Å². The number of aromatic nitrogens is 2. The summed E-state index contributed by atoms with van der Waals surface area (Å²) in [6.45, 7) is 12.3. The summed E-state index contributed by atoms with van der Waals surface area (Å²) >= 11 is 0. The second-order valence-corrected chi connectivity index (χ2v) is 6.47. The summed E-state index contributed by atoms with van der Waals surface area (Å²) in [5.41, 5.74) is 3.72. The molecule has 0 radical (unpaired) electrons. The van der Waals surface area contributed by atoms with Crippen LogP contribution in [0.25, 0.3) is 0 Å². The molecule has 0 saturated carbocycles. The van der Waals surface area contributed by atoms with Crippen molar-refractivity contribution in [3.8, 4) is 5.75 Å². The van der Waals surface area contributed by atoms with Crippen molar-refractivity contribution in [2.75, 3.05) is 18.5 Å². The minimum atomic E-state index is 0.748. The Morgan fingerprint density at radius 1 is 1.00 bits per heavy atom. The molecular formula is C22H35N3O. The van der Waals surface area contributed by atoms with Gasteiger partial charge >= 0.3 is 0 Å². The van der Waals surface area contributed by atoms with Crippen molar-refractivity contribution < 1.29 is 4.74 Å². The van der Waals surface area contributed by atoms with Crippen molar-refractivity contribution in [3.63, 3.8) is 0 Å². The summed E-state index contributed by atoms with van der Waals surface area (Å²) in [5, 5.41) is 3.26. The van der Waals surface area contributed by atoms with Crippen molar-refractivity contribution in [2.24, 2.45) is 0 Å². The summed E-state index contributed by atoms with van der Waals surface area (Å²) < 4.78 is 5.56. The van der Waals surface area contributed by atoms with Gasteiger partial charge in [-0.15, -0.1) is 0 Å². The van der Waals surface area contributed by atoms with Crippen LogP contribution in [-0.2, 0) is 6.42 Å². The second kappa shape index (κ2) is 13.2. The molecular weight excluding hydrogens is 322 g/mol. The Labute approximate surface area is 159 Å². The molecule has 0 aliphatic heterocycles. The van der Waals surface area contributed by atoms with Gasteiger partial charge in [0, 0.05) is 18.3 Å². The molecule has 1 N–H and O–H groups in total. The van der Waals surface area contributed by atoms with Gasteiger partial charge in [0.05, 0.1) is 6.61 Å².